The lowest BCUT2D eigenvalue weighted by Gasteiger charge is -2.01. The molecule has 0 saturated heterocycles. The number of hydrogen-bond donors (Lipinski definition) is 2. The molecule has 0 aliphatic carbocycles. The van der Waals surface area contributed by atoms with E-state index in [4.69, 9.17) is 23.2 Å². The molecule has 0 amide bonds. The summed E-state index contributed by atoms with van der Waals surface area (Å²) >= 11 is 11.8. The van der Waals surface area contributed by atoms with Gasteiger partial charge >= 0.3 is 11.4 Å². The van der Waals surface area contributed by atoms with E-state index in [0.29, 0.717) is 47.4 Å². The van der Waals surface area contributed by atoms with E-state index < -0.39 is 11.4 Å². The molecule has 0 unspecified atom stereocenters. The minimum absolute atomic E-state index is 0.425. The van der Waals surface area contributed by atoms with Gasteiger partial charge in [-0.1, -0.05) is 47.5 Å². The Morgan fingerprint density at radius 3 is 1.47 bits per heavy atom. The van der Waals surface area contributed by atoms with E-state index in [0.717, 1.165) is 11.1 Å². The second-order valence-corrected chi connectivity index (χ2v) is 8.17. The van der Waals surface area contributed by atoms with Crippen molar-refractivity contribution < 1.29 is 0 Å². The summed E-state index contributed by atoms with van der Waals surface area (Å²) in [7, 11) is 0. The summed E-state index contributed by atoms with van der Waals surface area (Å²) in [4.78, 5) is 24.1. The first-order valence-corrected chi connectivity index (χ1v) is 11.1. The minimum atomic E-state index is -0.425. The number of aromatic nitrogens is 6. The summed E-state index contributed by atoms with van der Waals surface area (Å²) in [5.41, 5.74) is 1.05. The second kappa shape index (κ2) is 10.9. The highest BCUT2D eigenvalue weighted by molar-refractivity contribution is 6.30. The van der Waals surface area contributed by atoms with E-state index in [2.05, 4.69) is 30.6 Å². The van der Waals surface area contributed by atoms with Crippen LogP contribution in [-0.4, -0.2) is 42.2 Å². The zero-order valence-electron chi connectivity index (χ0n) is 17.9. The molecular formula is C22H20Cl2N8O2. The van der Waals surface area contributed by atoms with Crippen molar-refractivity contribution in [2.75, 3.05) is 0 Å². The molecular weight excluding hydrogens is 479 g/mol. The van der Waals surface area contributed by atoms with Gasteiger partial charge in [0.05, 0.1) is 0 Å². The summed E-state index contributed by atoms with van der Waals surface area (Å²) in [5.74, 6) is 0.961. The van der Waals surface area contributed by atoms with Crippen molar-refractivity contribution in [1.82, 2.24) is 29.7 Å². The van der Waals surface area contributed by atoms with E-state index >= 15 is 0 Å². The van der Waals surface area contributed by atoms with Gasteiger partial charge in [0, 0.05) is 35.3 Å². The summed E-state index contributed by atoms with van der Waals surface area (Å²) in [6.07, 6.45) is 5.05. The van der Waals surface area contributed by atoms with Crippen LogP contribution in [0.15, 0.2) is 68.3 Å². The molecule has 0 spiro atoms. The fraction of sp³-hybridized carbons (Fsp3) is 0.182. The third-order valence-electron chi connectivity index (χ3n) is 4.81. The predicted molar refractivity (Wildman–Crippen MR) is 131 cm³/mol. The van der Waals surface area contributed by atoms with Crippen molar-refractivity contribution in [2.24, 2.45) is 10.2 Å². The van der Waals surface area contributed by atoms with Crippen molar-refractivity contribution in [3.63, 3.8) is 0 Å². The highest BCUT2D eigenvalue weighted by Gasteiger charge is 2.09. The summed E-state index contributed by atoms with van der Waals surface area (Å²) in [6, 6.07) is 14.6. The number of H-pyrrole nitrogens is 2. The first-order chi connectivity index (χ1) is 16.5. The fourth-order valence-electron chi connectivity index (χ4n) is 3.11. The Labute approximate surface area is 203 Å². The number of aromatic amines is 2. The van der Waals surface area contributed by atoms with Gasteiger partial charge in [0.15, 0.2) is 11.6 Å². The number of hydrogen-bond acceptors (Lipinski definition) is 6. The molecule has 0 radical (unpaired) electrons. The number of rotatable bonds is 9. The zero-order valence-corrected chi connectivity index (χ0v) is 19.4. The SMILES string of the molecule is O=c1[nH]nc(Cc2ccc(Cl)cc2)n1/N=C\CC/C=N/n1c(Cc2ccc(Cl)cc2)n[nH]c1=O. The second-order valence-electron chi connectivity index (χ2n) is 7.29. The van der Waals surface area contributed by atoms with Gasteiger partial charge in [-0.2, -0.15) is 29.8 Å². The first kappa shape index (κ1) is 23.4. The predicted octanol–water partition coefficient (Wildman–Crippen LogP) is 3.09. The van der Waals surface area contributed by atoms with Gasteiger partial charge < -0.3 is 0 Å². The van der Waals surface area contributed by atoms with Crippen molar-refractivity contribution in [3.05, 3.63) is 102 Å². The fourth-order valence-corrected chi connectivity index (χ4v) is 3.37. The molecule has 2 heterocycles. The standard InChI is InChI=1S/C22H20Cl2N8O2/c23-17-7-3-15(4-8-17)13-19-27-29-21(33)31(19)25-11-1-2-12-26-32-20(28-30-22(32)34)14-16-5-9-18(24)10-6-16/h3-12H,1-2,13-14H2,(H,29,33)(H,30,34)/b25-11-,26-12+. The average Bonchev–Trinajstić information content (AvgIpc) is 3.35. The largest absolute Gasteiger partial charge is 0.364 e. The van der Waals surface area contributed by atoms with E-state index in [9.17, 15) is 9.59 Å². The van der Waals surface area contributed by atoms with E-state index in [1.807, 2.05) is 24.3 Å². The van der Waals surface area contributed by atoms with Crippen LogP contribution in [0.5, 0.6) is 0 Å². The first-order valence-electron chi connectivity index (χ1n) is 10.4. The van der Waals surface area contributed by atoms with Crippen molar-refractivity contribution in [2.45, 2.75) is 25.7 Å². The molecule has 4 aromatic rings. The van der Waals surface area contributed by atoms with Crippen LogP contribution in [0.4, 0.5) is 0 Å². The molecule has 12 heteroatoms. The molecule has 0 aliphatic rings. The third-order valence-corrected chi connectivity index (χ3v) is 5.31. The molecule has 2 aromatic carbocycles. The molecule has 34 heavy (non-hydrogen) atoms. The third kappa shape index (κ3) is 5.97. The zero-order chi connectivity index (χ0) is 23.9. The summed E-state index contributed by atoms with van der Waals surface area (Å²) in [6.45, 7) is 0. The maximum absolute atomic E-state index is 12.0. The van der Waals surface area contributed by atoms with Crippen LogP contribution in [-0.2, 0) is 12.8 Å². The Morgan fingerprint density at radius 1 is 0.706 bits per heavy atom. The number of nitrogens with zero attached hydrogens (tertiary/aromatic N) is 6. The van der Waals surface area contributed by atoms with Gasteiger partial charge in [0.2, 0.25) is 0 Å². The van der Waals surface area contributed by atoms with E-state index in [1.165, 1.54) is 9.35 Å². The van der Waals surface area contributed by atoms with Crippen LogP contribution >= 0.6 is 23.2 Å². The topological polar surface area (TPSA) is 126 Å². The molecule has 2 N–H and O–H groups in total. The average molecular weight is 499 g/mol. The summed E-state index contributed by atoms with van der Waals surface area (Å²) in [5, 5.41) is 22.6. The number of unbranched alkanes of at least 4 members (excludes halogenated alkanes) is 1. The lowest BCUT2D eigenvalue weighted by atomic mass is 10.1. The van der Waals surface area contributed by atoms with Crippen LogP contribution < -0.4 is 11.4 Å². The van der Waals surface area contributed by atoms with Crippen molar-refractivity contribution in [3.8, 4) is 0 Å². The molecule has 4 rings (SSSR count). The Balaban J connectivity index is 1.35. The lowest BCUT2D eigenvalue weighted by Crippen LogP contribution is -2.15. The van der Waals surface area contributed by atoms with Gasteiger partial charge in [-0.15, -0.1) is 0 Å². The molecule has 0 fully saturated rings. The monoisotopic (exact) mass is 498 g/mol. The van der Waals surface area contributed by atoms with Crippen molar-refractivity contribution >= 4 is 35.6 Å². The van der Waals surface area contributed by atoms with E-state index in [-0.39, 0.29) is 0 Å². The molecule has 0 saturated carbocycles. The van der Waals surface area contributed by atoms with Gasteiger partial charge in [0.1, 0.15) is 0 Å². The van der Waals surface area contributed by atoms with Crippen LogP contribution in [0.2, 0.25) is 10.0 Å². The Bertz CT molecular complexity index is 1300. The van der Waals surface area contributed by atoms with Crippen LogP contribution in [0.1, 0.15) is 35.6 Å². The molecule has 2 aromatic heterocycles. The molecule has 0 atom stereocenters. The smallest absolute Gasteiger partial charge is 0.244 e. The lowest BCUT2D eigenvalue weighted by molar-refractivity contribution is 0.767. The molecule has 0 aliphatic heterocycles. The number of nitrogens with one attached hydrogen (secondary N) is 2. The minimum Gasteiger partial charge on any atom is -0.244 e. The molecule has 10 nitrogen and oxygen atoms in total. The summed E-state index contributed by atoms with van der Waals surface area (Å²) < 4.78 is 2.44. The highest BCUT2D eigenvalue weighted by atomic mass is 35.5. The van der Waals surface area contributed by atoms with Gasteiger partial charge in [-0.3, -0.25) is 0 Å². The molecule has 0 bridgehead atoms. The Kier molecular flexibility index (Phi) is 7.51. The van der Waals surface area contributed by atoms with Gasteiger partial charge in [-0.05, 0) is 48.2 Å². The molecule has 174 valence electrons. The number of benzene rings is 2. The van der Waals surface area contributed by atoms with Gasteiger partial charge in [-0.25, -0.2) is 19.8 Å². The maximum Gasteiger partial charge on any atom is 0.364 e. The van der Waals surface area contributed by atoms with Gasteiger partial charge in [0.25, 0.3) is 0 Å². The normalized spacial score (nSPS) is 11.7. The quantitative estimate of drug-likeness (QED) is 0.271. The van der Waals surface area contributed by atoms with Crippen LogP contribution in [0, 0.1) is 0 Å². The Hall–Kier alpha value is -3.76. The highest BCUT2D eigenvalue weighted by Crippen LogP contribution is 2.13. The number of halogens is 2. The van der Waals surface area contributed by atoms with E-state index in [1.54, 1.807) is 36.7 Å². The van der Waals surface area contributed by atoms with Crippen molar-refractivity contribution in [1.29, 1.82) is 0 Å². The van der Waals surface area contributed by atoms with Crippen LogP contribution in [0.3, 0.4) is 0 Å². The maximum atomic E-state index is 12.0. The Morgan fingerprint density at radius 2 is 1.09 bits per heavy atom. The van der Waals surface area contributed by atoms with Crippen LogP contribution in [0.25, 0.3) is 0 Å².